The van der Waals surface area contributed by atoms with Crippen molar-refractivity contribution in [1.82, 2.24) is 9.97 Å². The molecule has 2 N–H and O–H groups in total. The van der Waals surface area contributed by atoms with Crippen molar-refractivity contribution in [2.24, 2.45) is 0 Å². The van der Waals surface area contributed by atoms with Crippen LogP contribution in [0.2, 0.25) is 0 Å². The Morgan fingerprint density at radius 1 is 1.00 bits per heavy atom. The average molecular weight is 213 g/mol. The fourth-order valence-corrected chi connectivity index (χ4v) is 1.90. The highest BCUT2D eigenvalue weighted by Crippen LogP contribution is 2.27. The van der Waals surface area contributed by atoms with Crippen LogP contribution in [0.4, 0.5) is 5.95 Å². The predicted molar refractivity (Wildman–Crippen MR) is 66.1 cm³/mol. The second-order valence-electron chi connectivity index (χ2n) is 4.03. The first-order valence-electron chi connectivity index (χ1n) is 5.25. The molecule has 3 heteroatoms. The number of benzene rings is 1. The second-order valence-corrected chi connectivity index (χ2v) is 4.03. The van der Waals surface area contributed by atoms with E-state index < -0.39 is 0 Å². The van der Waals surface area contributed by atoms with E-state index in [1.165, 1.54) is 11.1 Å². The molecule has 0 aliphatic heterocycles. The highest BCUT2D eigenvalue weighted by Gasteiger charge is 2.10. The third-order valence-corrected chi connectivity index (χ3v) is 2.71. The number of hydrogen-bond acceptors (Lipinski definition) is 3. The summed E-state index contributed by atoms with van der Waals surface area (Å²) in [5.74, 6) is 0.322. The number of hydrogen-bond donors (Lipinski definition) is 1. The van der Waals surface area contributed by atoms with Gasteiger partial charge >= 0.3 is 0 Å². The maximum atomic E-state index is 5.64. The van der Waals surface area contributed by atoms with E-state index in [2.05, 4.69) is 35.9 Å². The Labute approximate surface area is 95.4 Å². The summed E-state index contributed by atoms with van der Waals surface area (Å²) >= 11 is 0. The lowest BCUT2D eigenvalue weighted by atomic mass is 9.98. The summed E-state index contributed by atoms with van der Waals surface area (Å²) in [5.41, 5.74) is 11.2. The largest absolute Gasteiger partial charge is 0.368 e. The van der Waals surface area contributed by atoms with Crippen molar-refractivity contribution in [3.8, 4) is 11.3 Å². The van der Waals surface area contributed by atoms with Gasteiger partial charge in [-0.25, -0.2) is 9.97 Å². The van der Waals surface area contributed by atoms with Gasteiger partial charge in [0.05, 0.1) is 5.69 Å². The van der Waals surface area contributed by atoms with Gasteiger partial charge in [-0.05, 0) is 37.5 Å². The zero-order chi connectivity index (χ0) is 11.7. The van der Waals surface area contributed by atoms with E-state index in [4.69, 9.17) is 5.73 Å². The van der Waals surface area contributed by atoms with Crippen molar-refractivity contribution in [1.29, 1.82) is 0 Å². The summed E-state index contributed by atoms with van der Waals surface area (Å²) in [6, 6.07) is 6.22. The number of nitrogen functional groups attached to an aromatic ring is 1. The molecule has 0 aliphatic carbocycles. The summed E-state index contributed by atoms with van der Waals surface area (Å²) in [5, 5.41) is 0. The van der Waals surface area contributed by atoms with Crippen LogP contribution < -0.4 is 5.73 Å². The van der Waals surface area contributed by atoms with Gasteiger partial charge in [-0.1, -0.05) is 18.2 Å². The Bertz CT molecular complexity index is 512. The molecule has 0 saturated heterocycles. The molecule has 82 valence electrons. The Morgan fingerprint density at radius 3 is 2.25 bits per heavy atom. The predicted octanol–water partition coefficient (Wildman–Crippen LogP) is 2.65. The standard InChI is InChI=1S/C13H15N3/c1-8-5-4-6-9(2)11(8)12-10(3)7-15-13(14)16-12/h4-7H,1-3H3,(H2,14,15,16). The highest BCUT2D eigenvalue weighted by atomic mass is 15.0. The highest BCUT2D eigenvalue weighted by molar-refractivity contribution is 5.70. The lowest BCUT2D eigenvalue weighted by Gasteiger charge is -2.11. The van der Waals surface area contributed by atoms with E-state index in [-0.39, 0.29) is 0 Å². The minimum absolute atomic E-state index is 0.322. The number of rotatable bonds is 1. The maximum Gasteiger partial charge on any atom is 0.220 e. The molecule has 1 aromatic carbocycles. The van der Waals surface area contributed by atoms with E-state index in [1.54, 1.807) is 6.20 Å². The van der Waals surface area contributed by atoms with Crippen molar-refractivity contribution in [2.75, 3.05) is 5.73 Å². The second kappa shape index (κ2) is 3.93. The molecule has 3 nitrogen and oxygen atoms in total. The Balaban J connectivity index is 2.72. The van der Waals surface area contributed by atoms with Crippen LogP contribution in [0.25, 0.3) is 11.3 Å². The van der Waals surface area contributed by atoms with Gasteiger partial charge in [-0.2, -0.15) is 0 Å². The molecule has 1 heterocycles. The summed E-state index contributed by atoms with van der Waals surface area (Å²) in [4.78, 5) is 8.32. The molecule has 0 radical (unpaired) electrons. The first kappa shape index (κ1) is 10.6. The van der Waals surface area contributed by atoms with Gasteiger partial charge in [0.25, 0.3) is 0 Å². The van der Waals surface area contributed by atoms with Crippen molar-refractivity contribution in [2.45, 2.75) is 20.8 Å². The van der Waals surface area contributed by atoms with Gasteiger partial charge < -0.3 is 5.73 Å². The van der Waals surface area contributed by atoms with Gasteiger partial charge in [0.15, 0.2) is 0 Å². The van der Waals surface area contributed by atoms with Crippen LogP contribution in [0, 0.1) is 20.8 Å². The molecular formula is C13H15N3. The SMILES string of the molecule is Cc1cnc(N)nc1-c1c(C)cccc1C. The number of aryl methyl sites for hydroxylation is 3. The maximum absolute atomic E-state index is 5.64. The van der Waals surface area contributed by atoms with Gasteiger partial charge in [0, 0.05) is 11.8 Å². The quantitative estimate of drug-likeness (QED) is 0.792. The van der Waals surface area contributed by atoms with Gasteiger partial charge in [0.2, 0.25) is 5.95 Å². The van der Waals surface area contributed by atoms with Crippen molar-refractivity contribution in [3.63, 3.8) is 0 Å². The normalized spacial score (nSPS) is 10.4. The van der Waals surface area contributed by atoms with Crippen molar-refractivity contribution < 1.29 is 0 Å². The van der Waals surface area contributed by atoms with E-state index in [1.807, 2.05) is 13.0 Å². The number of nitrogens with two attached hydrogens (primary N) is 1. The minimum Gasteiger partial charge on any atom is -0.368 e. The zero-order valence-corrected chi connectivity index (χ0v) is 9.78. The molecule has 0 amide bonds. The summed E-state index contributed by atoms with van der Waals surface area (Å²) in [6.45, 7) is 6.17. The van der Waals surface area contributed by atoms with E-state index in [9.17, 15) is 0 Å². The summed E-state index contributed by atoms with van der Waals surface area (Å²) in [6.07, 6.45) is 1.77. The molecule has 0 unspecified atom stereocenters. The van der Waals surface area contributed by atoms with Crippen LogP contribution in [0.15, 0.2) is 24.4 Å². The third kappa shape index (κ3) is 1.76. The van der Waals surface area contributed by atoms with Crippen LogP contribution in [0.1, 0.15) is 16.7 Å². The number of aromatic nitrogens is 2. The van der Waals surface area contributed by atoms with E-state index >= 15 is 0 Å². The number of anilines is 1. The summed E-state index contributed by atoms with van der Waals surface area (Å²) < 4.78 is 0. The van der Waals surface area contributed by atoms with Gasteiger partial charge in [-0.15, -0.1) is 0 Å². The average Bonchev–Trinajstić information content (AvgIpc) is 2.23. The smallest absolute Gasteiger partial charge is 0.220 e. The molecule has 2 rings (SSSR count). The molecule has 0 bridgehead atoms. The molecule has 0 spiro atoms. The van der Waals surface area contributed by atoms with Gasteiger partial charge in [0.1, 0.15) is 0 Å². The fraction of sp³-hybridized carbons (Fsp3) is 0.231. The Hall–Kier alpha value is -1.90. The van der Waals surface area contributed by atoms with E-state index in [0.717, 1.165) is 16.8 Å². The van der Waals surface area contributed by atoms with Crippen molar-refractivity contribution >= 4 is 5.95 Å². The van der Waals surface area contributed by atoms with E-state index in [0.29, 0.717) is 5.95 Å². The summed E-state index contributed by atoms with van der Waals surface area (Å²) in [7, 11) is 0. The van der Waals surface area contributed by atoms with Crippen LogP contribution in [-0.2, 0) is 0 Å². The molecule has 0 atom stereocenters. The first-order chi connectivity index (χ1) is 7.59. The topological polar surface area (TPSA) is 51.8 Å². The molecular weight excluding hydrogens is 198 g/mol. The van der Waals surface area contributed by atoms with Crippen molar-refractivity contribution in [3.05, 3.63) is 41.1 Å². The molecule has 0 aliphatic rings. The fourth-order valence-electron chi connectivity index (χ4n) is 1.90. The molecule has 0 saturated carbocycles. The molecule has 2 aromatic rings. The minimum atomic E-state index is 0.322. The first-order valence-corrected chi connectivity index (χ1v) is 5.25. The van der Waals surface area contributed by atoms with Crippen LogP contribution in [0.3, 0.4) is 0 Å². The molecule has 16 heavy (non-hydrogen) atoms. The zero-order valence-electron chi connectivity index (χ0n) is 9.78. The lowest BCUT2D eigenvalue weighted by Crippen LogP contribution is -2.00. The molecule has 1 aromatic heterocycles. The van der Waals surface area contributed by atoms with Gasteiger partial charge in [-0.3, -0.25) is 0 Å². The monoisotopic (exact) mass is 213 g/mol. The van der Waals surface area contributed by atoms with Crippen LogP contribution in [0.5, 0.6) is 0 Å². The Kier molecular flexibility index (Phi) is 2.60. The lowest BCUT2D eigenvalue weighted by molar-refractivity contribution is 1.14. The number of nitrogens with zero attached hydrogens (tertiary/aromatic N) is 2. The van der Waals surface area contributed by atoms with Crippen LogP contribution >= 0.6 is 0 Å². The molecule has 0 fully saturated rings. The Morgan fingerprint density at radius 2 is 1.62 bits per heavy atom. The third-order valence-electron chi connectivity index (χ3n) is 2.71. The van der Waals surface area contributed by atoms with Crippen LogP contribution in [-0.4, -0.2) is 9.97 Å².